The van der Waals surface area contributed by atoms with E-state index >= 15 is 0 Å². The summed E-state index contributed by atoms with van der Waals surface area (Å²) < 4.78 is 5.93. The zero-order chi connectivity index (χ0) is 17.9. The summed E-state index contributed by atoms with van der Waals surface area (Å²) in [5, 5.41) is 0. The monoisotopic (exact) mass is 328 g/mol. The fourth-order valence-corrected chi connectivity index (χ4v) is 3.26. The molecule has 0 amide bonds. The van der Waals surface area contributed by atoms with Gasteiger partial charge < -0.3 is 4.74 Å². The predicted octanol–water partition coefficient (Wildman–Crippen LogP) is 5.50. The smallest absolute Gasteiger partial charge is 0.146 e. The first-order chi connectivity index (χ1) is 11.4. The number of hydrogen-bond acceptors (Lipinski definition) is 3. The van der Waals surface area contributed by atoms with E-state index in [1.807, 2.05) is 19.2 Å². The molecule has 2 rings (SSSR count). The molecule has 0 aromatic heterocycles. The minimum Gasteiger partial charge on any atom is -0.492 e. The lowest BCUT2D eigenvalue weighted by Gasteiger charge is -2.42. The highest BCUT2D eigenvalue weighted by molar-refractivity contribution is 6.23. The van der Waals surface area contributed by atoms with E-state index in [-0.39, 0.29) is 5.54 Å². The highest BCUT2D eigenvalue weighted by Crippen LogP contribution is 2.42. The van der Waals surface area contributed by atoms with Gasteiger partial charge in [0.1, 0.15) is 11.5 Å². The van der Waals surface area contributed by atoms with Crippen LogP contribution in [0, 0.1) is 11.8 Å². The summed E-state index contributed by atoms with van der Waals surface area (Å²) in [7, 11) is 0. The molecule has 0 N–H and O–H groups in total. The topological polar surface area (TPSA) is 34.0 Å². The Morgan fingerprint density at radius 3 is 2.58 bits per heavy atom. The Morgan fingerprint density at radius 1 is 1.29 bits per heavy atom. The first-order valence-corrected chi connectivity index (χ1v) is 9.26. The van der Waals surface area contributed by atoms with Crippen LogP contribution in [0.15, 0.2) is 45.2 Å². The molecule has 1 aliphatic carbocycles. The molecule has 2 aliphatic rings. The van der Waals surface area contributed by atoms with Crippen molar-refractivity contribution in [3.05, 3.63) is 35.3 Å². The van der Waals surface area contributed by atoms with Crippen LogP contribution in [0.25, 0.3) is 0 Å². The summed E-state index contributed by atoms with van der Waals surface area (Å²) in [6.45, 7) is 16.0. The molecule has 0 bridgehead atoms. The molecule has 1 aliphatic heterocycles. The number of rotatable bonds is 5. The summed E-state index contributed by atoms with van der Waals surface area (Å²) in [6, 6.07) is 0. The molecule has 0 aromatic carbocycles. The van der Waals surface area contributed by atoms with Gasteiger partial charge in [-0.3, -0.25) is 9.98 Å². The van der Waals surface area contributed by atoms with Crippen molar-refractivity contribution >= 4 is 11.4 Å². The molecule has 132 valence electrons. The second-order valence-corrected chi connectivity index (χ2v) is 7.17. The third-order valence-corrected chi connectivity index (χ3v) is 5.69. The van der Waals surface area contributed by atoms with Gasteiger partial charge in [-0.1, -0.05) is 33.3 Å². The average Bonchev–Trinajstić information content (AvgIpc) is 2.58. The first-order valence-electron chi connectivity index (χ1n) is 9.26. The lowest BCUT2D eigenvalue weighted by Crippen LogP contribution is -2.43. The van der Waals surface area contributed by atoms with Crippen molar-refractivity contribution in [3.63, 3.8) is 0 Å². The molecule has 0 saturated carbocycles. The number of ether oxygens (including phenoxy) is 1. The van der Waals surface area contributed by atoms with E-state index < -0.39 is 0 Å². The second kappa shape index (κ2) is 7.50. The number of allylic oxidation sites excluding steroid dienone is 4. The van der Waals surface area contributed by atoms with Crippen LogP contribution >= 0.6 is 0 Å². The minimum absolute atomic E-state index is 0.0321. The van der Waals surface area contributed by atoms with Gasteiger partial charge in [-0.05, 0) is 57.1 Å². The van der Waals surface area contributed by atoms with E-state index in [2.05, 4.69) is 52.6 Å². The lowest BCUT2D eigenvalue weighted by molar-refractivity contribution is 0.227. The molecule has 3 heteroatoms. The molecule has 3 atom stereocenters. The maximum absolute atomic E-state index is 5.93. The minimum atomic E-state index is -0.0321. The van der Waals surface area contributed by atoms with Gasteiger partial charge in [0.15, 0.2) is 0 Å². The van der Waals surface area contributed by atoms with Gasteiger partial charge in [-0.15, -0.1) is 0 Å². The van der Waals surface area contributed by atoms with Crippen molar-refractivity contribution in [3.8, 4) is 0 Å². The molecule has 3 unspecified atom stereocenters. The van der Waals surface area contributed by atoms with Gasteiger partial charge >= 0.3 is 0 Å². The van der Waals surface area contributed by atoms with Crippen LogP contribution in [0.4, 0.5) is 0 Å². The average molecular weight is 329 g/mol. The van der Waals surface area contributed by atoms with E-state index in [4.69, 9.17) is 9.73 Å². The van der Waals surface area contributed by atoms with Gasteiger partial charge in [-0.25, -0.2) is 0 Å². The number of aliphatic imine (C=N–C) groups is 2. The molecule has 0 fully saturated rings. The van der Waals surface area contributed by atoms with Crippen LogP contribution in [0.5, 0.6) is 0 Å². The highest BCUT2D eigenvalue weighted by Gasteiger charge is 2.41. The van der Waals surface area contributed by atoms with Crippen LogP contribution < -0.4 is 0 Å². The molecular weight excluding hydrogens is 296 g/mol. The summed E-state index contributed by atoms with van der Waals surface area (Å²) in [4.78, 5) is 9.78. The third-order valence-electron chi connectivity index (χ3n) is 5.69. The standard InChI is InChI=1S/C21H32N2O/c1-8-14(4)13-22-17-11-18-15(5)16(6)21(7,9-2)23-20(18)19(12-17)24-10-3/h11-13,15-16H,8-10H2,1-7H3/b14-13+,22-17?. The van der Waals surface area contributed by atoms with Gasteiger partial charge in [0.2, 0.25) is 0 Å². The van der Waals surface area contributed by atoms with E-state index in [1.165, 1.54) is 11.1 Å². The fraction of sp³-hybridized carbons (Fsp3) is 0.619. The molecule has 1 heterocycles. The van der Waals surface area contributed by atoms with Crippen LogP contribution in [0.1, 0.15) is 61.3 Å². The van der Waals surface area contributed by atoms with Gasteiger partial charge in [-0.2, -0.15) is 0 Å². The third kappa shape index (κ3) is 3.55. The Kier molecular flexibility index (Phi) is 5.84. The summed E-state index contributed by atoms with van der Waals surface area (Å²) in [5.41, 5.74) is 4.49. The zero-order valence-electron chi connectivity index (χ0n) is 16.3. The van der Waals surface area contributed by atoms with Crippen molar-refractivity contribution < 1.29 is 4.74 Å². The summed E-state index contributed by atoms with van der Waals surface area (Å²) >= 11 is 0. The van der Waals surface area contributed by atoms with Crippen molar-refractivity contribution in [1.29, 1.82) is 0 Å². The Balaban J connectivity index is 2.53. The van der Waals surface area contributed by atoms with E-state index in [0.717, 1.165) is 30.0 Å². The van der Waals surface area contributed by atoms with Gasteiger partial charge in [0.05, 0.1) is 17.9 Å². The Hall–Kier alpha value is -1.64. The number of hydrogen-bond donors (Lipinski definition) is 0. The molecule has 3 nitrogen and oxygen atoms in total. The van der Waals surface area contributed by atoms with Crippen LogP contribution in [-0.2, 0) is 4.74 Å². The van der Waals surface area contributed by atoms with Crippen molar-refractivity contribution in [2.75, 3.05) is 6.61 Å². The van der Waals surface area contributed by atoms with Crippen LogP contribution in [-0.4, -0.2) is 23.6 Å². The number of nitrogens with zero attached hydrogens (tertiary/aromatic N) is 2. The largest absolute Gasteiger partial charge is 0.492 e. The number of fused-ring (bicyclic) bond motifs is 1. The van der Waals surface area contributed by atoms with Crippen molar-refractivity contribution in [1.82, 2.24) is 0 Å². The lowest BCUT2D eigenvalue weighted by atomic mass is 9.69. The second-order valence-electron chi connectivity index (χ2n) is 7.17. The van der Waals surface area contributed by atoms with Gasteiger partial charge in [0.25, 0.3) is 0 Å². The van der Waals surface area contributed by atoms with Crippen LogP contribution in [0.2, 0.25) is 0 Å². The molecule has 0 saturated heterocycles. The summed E-state index contributed by atoms with van der Waals surface area (Å²) in [6.07, 6.45) is 8.24. The Morgan fingerprint density at radius 2 is 2.00 bits per heavy atom. The van der Waals surface area contributed by atoms with Crippen molar-refractivity contribution in [2.24, 2.45) is 21.8 Å². The van der Waals surface area contributed by atoms with E-state index in [0.29, 0.717) is 18.4 Å². The van der Waals surface area contributed by atoms with Crippen molar-refractivity contribution in [2.45, 2.75) is 66.8 Å². The maximum Gasteiger partial charge on any atom is 0.146 e. The van der Waals surface area contributed by atoms with Gasteiger partial charge in [0, 0.05) is 12.3 Å². The quantitative estimate of drug-likeness (QED) is 0.614. The summed E-state index contributed by atoms with van der Waals surface area (Å²) in [5.74, 6) is 1.80. The molecular formula is C21H32N2O. The first kappa shape index (κ1) is 18.7. The van der Waals surface area contributed by atoms with E-state index in [1.54, 1.807) is 0 Å². The van der Waals surface area contributed by atoms with E-state index in [9.17, 15) is 0 Å². The molecule has 0 spiro atoms. The maximum atomic E-state index is 5.93. The molecule has 24 heavy (non-hydrogen) atoms. The Labute approximate surface area is 147 Å². The molecule has 0 radical (unpaired) electrons. The van der Waals surface area contributed by atoms with Crippen LogP contribution in [0.3, 0.4) is 0 Å². The Bertz CT molecular complexity index is 636. The highest BCUT2D eigenvalue weighted by atomic mass is 16.5. The predicted molar refractivity (Wildman–Crippen MR) is 104 cm³/mol. The zero-order valence-corrected chi connectivity index (χ0v) is 16.3. The fourth-order valence-electron chi connectivity index (χ4n) is 3.26. The molecule has 0 aromatic rings. The SMILES string of the molecule is CCOC1=CC(=N/C=C(\C)CC)C=C2C1=NC(C)(CC)C(C)C2C. The normalized spacial score (nSPS) is 32.0.